The van der Waals surface area contributed by atoms with Crippen LogP contribution < -0.4 is 10.5 Å². The third-order valence-electron chi connectivity index (χ3n) is 2.63. The minimum absolute atomic E-state index is 0.0514. The lowest BCUT2D eigenvalue weighted by atomic mass is 10.2. The fourth-order valence-electron chi connectivity index (χ4n) is 1.65. The molecule has 3 N–H and O–H groups in total. The van der Waals surface area contributed by atoms with Gasteiger partial charge in [-0.05, 0) is 48.4 Å². The highest BCUT2D eigenvalue weighted by atomic mass is 35.5. The molecule has 0 unspecified atom stereocenters. The van der Waals surface area contributed by atoms with E-state index in [2.05, 4.69) is 4.98 Å². The van der Waals surface area contributed by atoms with Crippen LogP contribution in [-0.2, 0) is 6.61 Å². The summed E-state index contributed by atoms with van der Waals surface area (Å²) in [6.07, 6.45) is 1.62. The highest BCUT2D eigenvalue weighted by molar-refractivity contribution is 6.30. The van der Waals surface area contributed by atoms with Gasteiger partial charge in [0.25, 0.3) is 0 Å². The molecule has 0 saturated carbocycles. The lowest BCUT2D eigenvalue weighted by Crippen LogP contribution is -2.13. The van der Waals surface area contributed by atoms with E-state index in [0.717, 1.165) is 16.9 Å². The van der Waals surface area contributed by atoms with E-state index in [0.29, 0.717) is 17.3 Å². The molecule has 5 heteroatoms. The average molecular weight is 276 g/mol. The number of hydrogen-bond donors (Lipinski definition) is 2. The van der Waals surface area contributed by atoms with Gasteiger partial charge in [-0.25, -0.2) is 0 Å². The van der Waals surface area contributed by atoms with Crippen molar-refractivity contribution in [1.82, 2.24) is 4.98 Å². The van der Waals surface area contributed by atoms with Crippen molar-refractivity contribution >= 4 is 17.4 Å². The molecule has 0 fully saturated rings. The molecule has 4 nitrogen and oxygen atoms in total. The number of nitrogens with one attached hydrogen (secondary N) is 1. The first-order valence-electron chi connectivity index (χ1n) is 5.74. The number of hydrogen-bond acceptors (Lipinski definition) is 3. The molecular formula is C14H14ClN3O. The minimum Gasteiger partial charge on any atom is -0.489 e. The summed E-state index contributed by atoms with van der Waals surface area (Å²) >= 11 is 5.89. The molecule has 0 saturated heterocycles. The number of benzene rings is 1. The SMILES string of the molecule is Cc1cc(Cl)ccc1OCc1ccnc(C(=N)N)c1. The molecule has 19 heavy (non-hydrogen) atoms. The number of ether oxygens (including phenoxy) is 1. The summed E-state index contributed by atoms with van der Waals surface area (Å²) < 4.78 is 5.71. The number of pyridine rings is 1. The summed E-state index contributed by atoms with van der Waals surface area (Å²) in [7, 11) is 0. The monoisotopic (exact) mass is 275 g/mol. The zero-order valence-corrected chi connectivity index (χ0v) is 11.2. The highest BCUT2D eigenvalue weighted by Crippen LogP contribution is 2.22. The van der Waals surface area contributed by atoms with Crippen LogP contribution in [0.2, 0.25) is 5.02 Å². The van der Waals surface area contributed by atoms with E-state index in [1.807, 2.05) is 25.1 Å². The van der Waals surface area contributed by atoms with Gasteiger partial charge in [-0.2, -0.15) is 0 Å². The first kappa shape index (κ1) is 13.4. The number of nitrogens with two attached hydrogens (primary N) is 1. The fourth-order valence-corrected chi connectivity index (χ4v) is 1.87. The standard InChI is InChI=1S/C14H14ClN3O/c1-9-6-11(15)2-3-13(9)19-8-10-4-5-18-12(7-10)14(16)17/h2-7H,8H2,1H3,(H3,16,17). The van der Waals surface area contributed by atoms with Gasteiger partial charge in [-0.3, -0.25) is 10.4 Å². The quantitative estimate of drug-likeness (QED) is 0.666. The van der Waals surface area contributed by atoms with Crippen LogP contribution in [0.15, 0.2) is 36.5 Å². The number of halogens is 1. The molecule has 98 valence electrons. The second kappa shape index (κ2) is 5.71. The minimum atomic E-state index is -0.0514. The molecular weight excluding hydrogens is 262 g/mol. The predicted molar refractivity (Wildman–Crippen MR) is 75.8 cm³/mol. The Bertz CT molecular complexity index is 613. The van der Waals surface area contributed by atoms with Gasteiger partial charge in [-0.15, -0.1) is 0 Å². The Morgan fingerprint density at radius 2 is 2.16 bits per heavy atom. The van der Waals surface area contributed by atoms with Crippen LogP contribution in [-0.4, -0.2) is 10.8 Å². The van der Waals surface area contributed by atoms with E-state index in [4.69, 9.17) is 27.5 Å². The summed E-state index contributed by atoms with van der Waals surface area (Å²) in [5, 5.41) is 8.03. The predicted octanol–water partition coefficient (Wildman–Crippen LogP) is 2.91. The topological polar surface area (TPSA) is 72.0 Å². The number of aryl methyl sites for hydroxylation is 1. The molecule has 0 spiro atoms. The van der Waals surface area contributed by atoms with Gasteiger partial charge < -0.3 is 10.5 Å². The van der Waals surface area contributed by atoms with Crippen LogP contribution in [0.25, 0.3) is 0 Å². The molecule has 1 aromatic carbocycles. The maximum absolute atomic E-state index is 7.35. The maximum Gasteiger partial charge on any atom is 0.141 e. The van der Waals surface area contributed by atoms with E-state index >= 15 is 0 Å². The molecule has 1 aromatic heterocycles. The zero-order valence-electron chi connectivity index (χ0n) is 10.5. The maximum atomic E-state index is 7.35. The van der Waals surface area contributed by atoms with Gasteiger partial charge in [0.05, 0.1) is 0 Å². The van der Waals surface area contributed by atoms with Gasteiger partial charge in [0.1, 0.15) is 23.9 Å². The summed E-state index contributed by atoms with van der Waals surface area (Å²) in [5.41, 5.74) is 7.74. The van der Waals surface area contributed by atoms with Gasteiger partial charge in [-0.1, -0.05) is 11.6 Å². The van der Waals surface area contributed by atoms with E-state index in [9.17, 15) is 0 Å². The molecule has 0 atom stereocenters. The van der Waals surface area contributed by atoms with Gasteiger partial charge >= 0.3 is 0 Å². The third kappa shape index (κ3) is 3.45. The number of aromatic nitrogens is 1. The number of rotatable bonds is 4. The zero-order chi connectivity index (χ0) is 13.8. The second-order valence-electron chi connectivity index (χ2n) is 4.16. The van der Waals surface area contributed by atoms with Crippen molar-refractivity contribution in [2.24, 2.45) is 5.73 Å². The Hall–Kier alpha value is -2.07. The summed E-state index contributed by atoms with van der Waals surface area (Å²) in [6.45, 7) is 2.33. The van der Waals surface area contributed by atoms with Crippen LogP contribution in [0.4, 0.5) is 0 Å². The number of nitrogens with zero attached hydrogens (tertiary/aromatic N) is 1. The lowest BCUT2D eigenvalue weighted by molar-refractivity contribution is 0.304. The van der Waals surface area contributed by atoms with Crippen molar-refractivity contribution in [3.05, 3.63) is 58.4 Å². The van der Waals surface area contributed by atoms with E-state index in [1.54, 1.807) is 18.3 Å². The summed E-state index contributed by atoms with van der Waals surface area (Å²) in [6, 6.07) is 9.05. The largest absolute Gasteiger partial charge is 0.489 e. The molecule has 2 aromatic rings. The molecule has 0 radical (unpaired) electrons. The number of amidine groups is 1. The molecule has 2 rings (SSSR count). The van der Waals surface area contributed by atoms with E-state index in [-0.39, 0.29) is 5.84 Å². The van der Waals surface area contributed by atoms with Crippen LogP contribution >= 0.6 is 11.6 Å². The van der Waals surface area contributed by atoms with Crippen molar-refractivity contribution in [3.63, 3.8) is 0 Å². The molecule has 0 aliphatic rings. The lowest BCUT2D eigenvalue weighted by Gasteiger charge is -2.10. The fraction of sp³-hybridized carbons (Fsp3) is 0.143. The Morgan fingerprint density at radius 3 is 2.84 bits per heavy atom. The normalized spacial score (nSPS) is 10.2. The van der Waals surface area contributed by atoms with Crippen molar-refractivity contribution in [3.8, 4) is 5.75 Å². The molecule has 0 bridgehead atoms. The van der Waals surface area contributed by atoms with Crippen LogP contribution in [0.3, 0.4) is 0 Å². The Balaban J connectivity index is 2.10. The summed E-state index contributed by atoms with van der Waals surface area (Å²) in [5.74, 6) is 0.732. The molecule has 1 heterocycles. The highest BCUT2D eigenvalue weighted by Gasteiger charge is 2.03. The first-order chi connectivity index (χ1) is 9.06. The molecule has 0 aliphatic heterocycles. The van der Waals surface area contributed by atoms with Crippen LogP contribution in [0.1, 0.15) is 16.8 Å². The Morgan fingerprint density at radius 1 is 1.37 bits per heavy atom. The van der Waals surface area contributed by atoms with E-state index < -0.39 is 0 Å². The van der Waals surface area contributed by atoms with Crippen molar-refractivity contribution in [1.29, 1.82) is 5.41 Å². The average Bonchev–Trinajstić information content (AvgIpc) is 2.38. The number of nitrogen functional groups attached to an aromatic ring is 1. The Kier molecular flexibility index (Phi) is 4.02. The molecule has 0 aliphatic carbocycles. The van der Waals surface area contributed by atoms with Gasteiger partial charge in [0, 0.05) is 11.2 Å². The van der Waals surface area contributed by atoms with Gasteiger partial charge in [0.15, 0.2) is 0 Å². The van der Waals surface area contributed by atoms with Gasteiger partial charge in [0.2, 0.25) is 0 Å². The van der Waals surface area contributed by atoms with Crippen molar-refractivity contribution in [2.75, 3.05) is 0 Å². The van der Waals surface area contributed by atoms with Crippen LogP contribution in [0.5, 0.6) is 5.75 Å². The molecule has 0 amide bonds. The van der Waals surface area contributed by atoms with Crippen LogP contribution in [0, 0.1) is 12.3 Å². The Labute approximate surface area is 116 Å². The third-order valence-corrected chi connectivity index (χ3v) is 2.87. The smallest absolute Gasteiger partial charge is 0.141 e. The van der Waals surface area contributed by atoms with E-state index in [1.165, 1.54) is 0 Å². The summed E-state index contributed by atoms with van der Waals surface area (Å²) in [4.78, 5) is 4.00. The van der Waals surface area contributed by atoms with Crippen molar-refractivity contribution < 1.29 is 4.74 Å². The van der Waals surface area contributed by atoms with Crippen molar-refractivity contribution in [2.45, 2.75) is 13.5 Å². The first-order valence-corrected chi connectivity index (χ1v) is 6.12. The second-order valence-corrected chi connectivity index (χ2v) is 4.60.